The Balaban J connectivity index is 5.22. The second kappa shape index (κ2) is 7.29. The van der Waals surface area contributed by atoms with Crippen molar-refractivity contribution in [3.05, 3.63) is 61.1 Å². The van der Waals surface area contributed by atoms with Crippen LogP contribution in [-0.2, 0) is 4.79 Å². The number of rotatable bonds is 5. The number of nitrogens with two attached hydrogens (primary N) is 1. The number of carbonyl (C=O) groups is 1. The second-order valence-corrected chi connectivity index (χ2v) is 3.11. The highest BCUT2D eigenvalue weighted by atomic mass is 16.2. The van der Waals surface area contributed by atoms with Gasteiger partial charge < -0.3 is 5.73 Å². The van der Waals surface area contributed by atoms with Gasteiger partial charge in [-0.2, -0.15) is 0 Å². The van der Waals surface area contributed by atoms with Gasteiger partial charge in [0.15, 0.2) is 0 Å². The van der Waals surface area contributed by atoms with Crippen molar-refractivity contribution in [1.29, 1.82) is 0 Å². The van der Waals surface area contributed by atoms with E-state index in [9.17, 15) is 4.79 Å². The third-order valence-corrected chi connectivity index (χ3v) is 1.76. The molecule has 0 aromatic carbocycles. The molecule has 0 unspecified atom stereocenters. The van der Waals surface area contributed by atoms with Gasteiger partial charge in [-0.3, -0.25) is 9.69 Å². The summed E-state index contributed by atoms with van der Waals surface area (Å²) in [4.78, 5) is 13.2. The molecule has 2 N–H and O–H groups in total. The molecule has 0 heterocycles. The average Bonchev–Trinajstić information content (AvgIpc) is 2.26. The van der Waals surface area contributed by atoms with Gasteiger partial charge in [0.2, 0.25) is 0 Å². The summed E-state index contributed by atoms with van der Waals surface area (Å²) in [6.45, 7) is 10.7. The highest BCUT2D eigenvalue weighted by Gasteiger charge is 2.12. The molecule has 0 rings (SSSR count). The van der Waals surface area contributed by atoms with E-state index < -0.39 is 0 Å². The summed E-state index contributed by atoms with van der Waals surface area (Å²) in [5.74, 6) is -0.190. The average molecular weight is 218 g/mol. The fourth-order valence-corrected chi connectivity index (χ4v) is 1.05. The lowest BCUT2D eigenvalue weighted by molar-refractivity contribution is -0.122. The van der Waals surface area contributed by atoms with Gasteiger partial charge in [0.25, 0.3) is 5.91 Å². The Labute approximate surface area is 96.9 Å². The smallest absolute Gasteiger partial charge is 0.257 e. The minimum absolute atomic E-state index is 0.190. The molecule has 1 amide bonds. The summed E-state index contributed by atoms with van der Waals surface area (Å²) in [7, 11) is 0. The third kappa shape index (κ3) is 4.00. The summed E-state index contributed by atoms with van der Waals surface area (Å²) >= 11 is 0. The van der Waals surface area contributed by atoms with Crippen molar-refractivity contribution >= 4 is 5.91 Å². The van der Waals surface area contributed by atoms with Gasteiger partial charge in [0.05, 0.1) is 0 Å². The van der Waals surface area contributed by atoms with E-state index in [1.165, 1.54) is 17.3 Å². The number of amides is 1. The number of allylic oxidation sites excluding steroid dienone is 4. The Hall–Kier alpha value is -2.03. The zero-order valence-corrected chi connectivity index (χ0v) is 9.81. The van der Waals surface area contributed by atoms with E-state index in [1.807, 2.05) is 13.0 Å². The van der Waals surface area contributed by atoms with Gasteiger partial charge >= 0.3 is 0 Å². The summed E-state index contributed by atoms with van der Waals surface area (Å²) in [5, 5.41) is 0. The van der Waals surface area contributed by atoms with Crippen LogP contribution < -0.4 is 5.73 Å². The minimum atomic E-state index is -0.190. The van der Waals surface area contributed by atoms with Crippen LogP contribution in [0.3, 0.4) is 0 Å². The zero-order chi connectivity index (χ0) is 12.6. The number of nitrogens with zero attached hydrogens (tertiary/aromatic N) is 1. The largest absolute Gasteiger partial charge is 0.405 e. The minimum Gasteiger partial charge on any atom is -0.405 e. The molecule has 0 saturated heterocycles. The highest BCUT2D eigenvalue weighted by Crippen LogP contribution is 2.11. The summed E-state index contributed by atoms with van der Waals surface area (Å²) in [6.07, 6.45) is 9.85. The molecule has 0 aliphatic carbocycles. The lowest BCUT2D eigenvalue weighted by atomic mass is 10.2. The lowest BCUT2D eigenvalue weighted by Crippen LogP contribution is -2.24. The Morgan fingerprint density at radius 3 is 2.44 bits per heavy atom. The molecule has 0 bridgehead atoms. The number of hydrogen-bond donors (Lipinski definition) is 1. The van der Waals surface area contributed by atoms with Gasteiger partial charge in [-0.15, -0.1) is 0 Å². The van der Waals surface area contributed by atoms with Gasteiger partial charge in [0, 0.05) is 17.5 Å². The van der Waals surface area contributed by atoms with Crippen molar-refractivity contribution in [3.63, 3.8) is 0 Å². The normalized spacial score (nSPS) is 12.0. The van der Waals surface area contributed by atoms with Gasteiger partial charge in [-0.25, -0.2) is 0 Å². The molecule has 16 heavy (non-hydrogen) atoms. The van der Waals surface area contributed by atoms with Crippen molar-refractivity contribution in [1.82, 2.24) is 4.90 Å². The molecule has 0 aliphatic heterocycles. The Morgan fingerprint density at radius 2 is 2.06 bits per heavy atom. The quantitative estimate of drug-likeness (QED) is 0.569. The molecule has 0 radical (unpaired) electrons. The van der Waals surface area contributed by atoms with Crippen molar-refractivity contribution in [2.75, 3.05) is 0 Å². The Morgan fingerprint density at radius 1 is 1.44 bits per heavy atom. The molecule has 0 aliphatic rings. The van der Waals surface area contributed by atoms with Crippen LogP contribution in [0.5, 0.6) is 0 Å². The topological polar surface area (TPSA) is 46.3 Å². The monoisotopic (exact) mass is 218 g/mol. The van der Waals surface area contributed by atoms with Crippen LogP contribution in [0, 0.1) is 0 Å². The van der Waals surface area contributed by atoms with Crippen LogP contribution in [0.15, 0.2) is 61.1 Å². The third-order valence-electron chi connectivity index (χ3n) is 1.76. The molecule has 86 valence electrons. The molecule has 0 aromatic heterocycles. The van der Waals surface area contributed by atoms with Crippen molar-refractivity contribution in [3.8, 4) is 0 Å². The molecule has 3 nitrogen and oxygen atoms in total. The first kappa shape index (κ1) is 14.0. The molecule has 0 spiro atoms. The summed E-state index contributed by atoms with van der Waals surface area (Å²) in [5.41, 5.74) is 6.39. The van der Waals surface area contributed by atoms with E-state index in [-0.39, 0.29) is 5.91 Å². The molecule has 0 atom stereocenters. The predicted molar refractivity (Wildman–Crippen MR) is 68.1 cm³/mol. The van der Waals surface area contributed by atoms with Crippen LogP contribution in [0.1, 0.15) is 13.8 Å². The van der Waals surface area contributed by atoms with Crippen molar-refractivity contribution < 1.29 is 4.79 Å². The van der Waals surface area contributed by atoms with E-state index in [4.69, 9.17) is 5.73 Å². The van der Waals surface area contributed by atoms with Gasteiger partial charge in [-0.1, -0.05) is 19.2 Å². The van der Waals surface area contributed by atoms with Gasteiger partial charge in [0.1, 0.15) is 0 Å². The van der Waals surface area contributed by atoms with E-state index in [0.717, 1.165) is 0 Å². The summed E-state index contributed by atoms with van der Waals surface area (Å²) in [6, 6.07) is 0. The maximum atomic E-state index is 11.8. The van der Waals surface area contributed by atoms with Gasteiger partial charge in [-0.05, 0) is 38.3 Å². The van der Waals surface area contributed by atoms with Crippen LogP contribution >= 0.6 is 0 Å². The predicted octanol–water partition coefficient (Wildman–Crippen LogP) is 2.47. The molecule has 0 fully saturated rings. The lowest BCUT2D eigenvalue weighted by Gasteiger charge is -2.18. The Bertz CT molecular complexity index is 362. The van der Waals surface area contributed by atoms with Crippen molar-refractivity contribution in [2.24, 2.45) is 5.73 Å². The van der Waals surface area contributed by atoms with Crippen LogP contribution in [0.4, 0.5) is 0 Å². The molecule has 0 aromatic rings. The maximum absolute atomic E-state index is 11.8. The molecular weight excluding hydrogens is 200 g/mol. The maximum Gasteiger partial charge on any atom is 0.257 e. The van der Waals surface area contributed by atoms with E-state index >= 15 is 0 Å². The molecule has 0 saturated carbocycles. The summed E-state index contributed by atoms with van der Waals surface area (Å²) < 4.78 is 0. The molecular formula is C13H18N2O. The fourth-order valence-electron chi connectivity index (χ4n) is 1.05. The fraction of sp³-hybridized carbons (Fsp3) is 0.154. The highest BCUT2D eigenvalue weighted by molar-refractivity contribution is 5.94. The first-order chi connectivity index (χ1) is 7.58. The number of carbonyl (C=O) groups excluding carboxylic acids is 1. The number of hydrogen-bond acceptors (Lipinski definition) is 2. The van der Waals surface area contributed by atoms with Crippen LogP contribution in [0.25, 0.3) is 0 Å². The standard InChI is InChI=1S/C13H18N2O/c1-5-8-12(9-7-10-14)15(6-2)13(16)11(3)4/h5-10H,2-3,14H2,1,4H3/b8-5-,10-7+,12-9+. The zero-order valence-electron chi connectivity index (χ0n) is 9.81. The second-order valence-electron chi connectivity index (χ2n) is 3.11. The first-order valence-corrected chi connectivity index (χ1v) is 4.91. The van der Waals surface area contributed by atoms with E-state index in [0.29, 0.717) is 11.3 Å². The van der Waals surface area contributed by atoms with Crippen molar-refractivity contribution in [2.45, 2.75) is 13.8 Å². The SMILES string of the molecule is C=CN(C(=O)C(=C)C)C(/C=C\C)=C/C=C/N. The Kier molecular flexibility index (Phi) is 6.36. The van der Waals surface area contributed by atoms with E-state index in [2.05, 4.69) is 13.2 Å². The van der Waals surface area contributed by atoms with Crippen LogP contribution in [-0.4, -0.2) is 10.8 Å². The first-order valence-electron chi connectivity index (χ1n) is 4.91. The van der Waals surface area contributed by atoms with Crippen LogP contribution in [0.2, 0.25) is 0 Å². The van der Waals surface area contributed by atoms with E-state index in [1.54, 1.807) is 25.2 Å². The molecule has 3 heteroatoms.